The first-order valence-corrected chi connectivity index (χ1v) is 4.87. The molecule has 1 saturated carbocycles. The second-order valence-corrected chi connectivity index (χ2v) is 3.81. The molecule has 0 aromatic carbocycles. The van der Waals surface area contributed by atoms with E-state index in [9.17, 15) is 4.79 Å². The SMILES string of the molecule is CC(NC(=O)C1CCC1)NC(N)=S. The monoisotopic (exact) mass is 201 g/mol. The number of hydrogen-bond acceptors (Lipinski definition) is 2. The molecule has 0 aromatic rings. The van der Waals surface area contributed by atoms with Crippen LogP contribution in [0.4, 0.5) is 0 Å². The maximum Gasteiger partial charge on any atom is 0.224 e. The van der Waals surface area contributed by atoms with Gasteiger partial charge >= 0.3 is 0 Å². The van der Waals surface area contributed by atoms with Crippen molar-refractivity contribution < 1.29 is 4.79 Å². The summed E-state index contributed by atoms with van der Waals surface area (Å²) >= 11 is 4.65. The maximum atomic E-state index is 11.4. The van der Waals surface area contributed by atoms with Gasteiger partial charge < -0.3 is 16.4 Å². The summed E-state index contributed by atoms with van der Waals surface area (Å²) in [5.74, 6) is 0.304. The molecule has 1 aliphatic carbocycles. The zero-order chi connectivity index (χ0) is 9.84. The fourth-order valence-corrected chi connectivity index (χ4v) is 1.43. The highest BCUT2D eigenvalue weighted by Gasteiger charge is 2.25. The standard InChI is InChI=1S/C8H15N3OS/c1-5(11-8(9)13)10-7(12)6-3-2-4-6/h5-6H,2-4H2,1H3,(H,10,12)(H3,9,11,13). The topological polar surface area (TPSA) is 67.2 Å². The molecule has 1 unspecified atom stereocenters. The van der Waals surface area contributed by atoms with Crippen molar-refractivity contribution >= 4 is 23.2 Å². The number of nitrogens with two attached hydrogens (primary N) is 1. The molecule has 0 bridgehead atoms. The minimum absolute atomic E-state index is 0.0995. The molecule has 4 N–H and O–H groups in total. The van der Waals surface area contributed by atoms with Crippen molar-refractivity contribution in [3.63, 3.8) is 0 Å². The molecule has 0 spiro atoms. The Balaban J connectivity index is 2.22. The van der Waals surface area contributed by atoms with Gasteiger partial charge in [-0.2, -0.15) is 0 Å². The first kappa shape index (κ1) is 10.2. The number of carbonyl (C=O) groups is 1. The molecule has 4 nitrogen and oxygen atoms in total. The van der Waals surface area contributed by atoms with Crippen LogP contribution in [0.15, 0.2) is 0 Å². The normalized spacial score (nSPS) is 18.5. The van der Waals surface area contributed by atoms with Gasteiger partial charge in [0.2, 0.25) is 5.91 Å². The van der Waals surface area contributed by atoms with E-state index in [4.69, 9.17) is 5.73 Å². The van der Waals surface area contributed by atoms with Crippen LogP contribution >= 0.6 is 12.2 Å². The summed E-state index contributed by atoms with van der Waals surface area (Å²) in [5.41, 5.74) is 5.26. The summed E-state index contributed by atoms with van der Waals surface area (Å²) in [7, 11) is 0. The Morgan fingerprint density at radius 2 is 2.15 bits per heavy atom. The lowest BCUT2D eigenvalue weighted by Gasteiger charge is -2.26. The zero-order valence-corrected chi connectivity index (χ0v) is 8.49. The third-order valence-electron chi connectivity index (χ3n) is 2.19. The second kappa shape index (κ2) is 4.41. The van der Waals surface area contributed by atoms with Gasteiger partial charge in [-0.15, -0.1) is 0 Å². The number of nitrogens with one attached hydrogen (secondary N) is 2. The Labute approximate surface area is 83.2 Å². The molecule has 1 atom stereocenters. The number of amides is 1. The van der Waals surface area contributed by atoms with Crippen molar-refractivity contribution in [1.82, 2.24) is 10.6 Å². The molecule has 0 heterocycles. The minimum atomic E-state index is -0.175. The average molecular weight is 201 g/mol. The third-order valence-corrected chi connectivity index (χ3v) is 2.31. The first-order valence-electron chi connectivity index (χ1n) is 4.46. The molecule has 13 heavy (non-hydrogen) atoms. The van der Waals surface area contributed by atoms with Crippen LogP contribution in [-0.2, 0) is 4.79 Å². The minimum Gasteiger partial charge on any atom is -0.376 e. The van der Waals surface area contributed by atoms with Crippen LogP contribution in [0, 0.1) is 5.92 Å². The number of rotatable bonds is 3. The summed E-state index contributed by atoms with van der Waals surface area (Å²) in [4.78, 5) is 11.4. The Kier molecular flexibility index (Phi) is 3.48. The average Bonchev–Trinajstić information content (AvgIpc) is 1.78. The van der Waals surface area contributed by atoms with Crippen LogP contribution in [0.25, 0.3) is 0 Å². The molecular formula is C8H15N3OS. The number of thiocarbonyl (C=S) groups is 1. The van der Waals surface area contributed by atoms with Gasteiger partial charge in [-0.1, -0.05) is 6.42 Å². The molecular weight excluding hydrogens is 186 g/mol. The van der Waals surface area contributed by atoms with Crippen molar-refractivity contribution in [2.75, 3.05) is 0 Å². The van der Waals surface area contributed by atoms with Crippen molar-refractivity contribution in [1.29, 1.82) is 0 Å². The van der Waals surface area contributed by atoms with Gasteiger partial charge in [-0.25, -0.2) is 0 Å². The molecule has 1 aliphatic rings. The Hall–Kier alpha value is -0.840. The van der Waals surface area contributed by atoms with Gasteiger partial charge in [0.05, 0.1) is 6.17 Å². The smallest absolute Gasteiger partial charge is 0.224 e. The summed E-state index contributed by atoms with van der Waals surface area (Å²) in [6.07, 6.45) is 3.00. The molecule has 0 radical (unpaired) electrons. The van der Waals surface area contributed by atoms with E-state index in [0.29, 0.717) is 0 Å². The molecule has 5 heteroatoms. The number of carbonyl (C=O) groups excluding carboxylic acids is 1. The highest BCUT2D eigenvalue weighted by Crippen LogP contribution is 2.26. The Bertz CT molecular complexity index is 215. The van der Waals surface area contributed by atoms with Crippen LogP contribution in [0.5, 0.6) is 0 Å². The summed E-state index contributed by atoms with van der Waals surface area (Å²) < 4.78 is 0. The summed E-state index contributed by atoms with van der Waals surface area (Å²) in [5, 5.41) is 5.76. The maximum absolute atomic E-state index is 11.4. The first-order chi connectivity index (χ1) is 6.09. The van der Waals surface area contributed by atoms with Gasteiger partial charge in [0, 0.05) is 5.92 Å². The van der Waals surface area contributed by atoms with Crippen LogP contribution in [-0.4, -0.2) is 17.2 Å². The van der Waals surface area contributed by atoms with E-state index in [2.05, 4.69) is 22.9 Å². The predicted octanol–water partition coefficient (Wildman–Crippen LogP) is 0.0819. The van der Waals surface area contributed by atoms with Gasteiger partial charge in [-0.05, 0) is 32.0 Å². The van der Waals surface area contributed by atoms with Gasteiger partial charge in [0.25, 0.3) is 0 Å². The fraction of sp³-hybridized carbons (Fsp3) is 0.750. The van der Waals surface area contributed by atoms with E-state index in [1.165, 1.54) is 0 Å². The van der Waals surface area contributed by atoms with E-state index in [0.717, 1.165) is 19.3 Å². The van der Waals surface area contributed by atoms with Crippen molar-refractivity contribution in [2.24, 2.45) is 11.7 Å². The molecule has 1 rings (SSSR count). The highest BCUT2D eigenvalue weighted by molar-refractivity contribution is 7.80. The van der Waals surface area contributed by atoms with Crippen LogP contribution in [0.3, 0.4) is 0 Å². The lowest BCUT2D eigenvalue weighted by atomic mass is 9.85. The Morgan fingerprint density at radius 1 is 1.54 bits per heavy atom. The fourth-order valence-electron chi connectivity index (χ4n) is 1.25. The number of hydrogen-bond donors (Lipinski definition) is 3. The van der Waals surface area contributed by atoms with E-state index >= 15 is 0 Å². The van der Waals surface area contributed by atoms with Gasteiger partial charge in [-0.3, -0.25) is 4.79 Å². The summed E-state index contributed by atoms with van der Waals surface area (Å²) in [6.45, 7) is 1.82. The van der Waals surface area contributed by atoms with Crippen molar-refractivity contribution in [3.8, 4) is 0 Å². The van der Waals surface area contributed by atoms with Crippen LogP contribution < -0.4 is 16.4 Å². The van der Waals surface area contributed by atoms with E-state index < -0.39 is 0 Å². The molecule has 0 saturated heterocycles. The van der Waals surface area contributed by atoms with E-state index in [1.54, 1.807) is 0 Å². The molecule has 1 fully saturated rings. The van der Waals surface area contributed by atoms with Crippen molar-refractivity contribution in [2.45, 2.75) is 32.4 Å². The summed E-state index contributed by atoms with van der Waals surface area (Å²) in [6, 6.07) is 0. The van der Waals surface area contributed by atoms with Crippen LogP contribution in [0.2, 0.25) is 0 Å². The Morgan fingerprint density at radius 3 is 2.54 bits per heavy atom. The largest absolute Gasteiger partial charge is 0.376 e. The molecule has 0 aromatic heterocycles. The second-order valence-electron chi connectivity index (χ2n) is 3.37. The van der Waals surface area contributed by atoms with E-state index in [1.807, 2.05) is 6.92 Å². The van der Waals surface area contributed by atoms with Crippen LogP contribution in [0.1, 0.15) is 26.2 Å². The lowest BCUT2D eigenvalue weighted by Crippen LogP contribution is -2.50. The zero-order valence-electron chi connectivity index (χ0n) is 7.67. The van der Waals surface area contributed by atoms with Crippen molar-refractivity contribution in [3.05, 3.63) is 0 Å². The molecule has 1 amide bonds. The van der Waals surface area contributed by atoms with Gasteiger partial charge in [0.15, 0.2) is 5.11 Å². The third kappa shape index (κ3) is 3.18. The molecule has 74 valence electrons. The highest BCUT2D eigenvalue weighted by atomic mass is 32.1. The quantitative estimate of drug-likeness (QED) is 0.447. The molecule has 0 aliphatic heterocycles. The van der Waals surface area contributed by atoms with E-state index in [-0.39, 0.29) is 23.1 Å². The lowest BCUT2D eigenvalue weighted by molar-refractivity contribution is -0.128. The van der Waals surface area contributed by atoms with Gasteiger partial charge in [0.1, 0.15) is 0 Å². The predicted molar refractivity (Wildman–Crippen MR) is 54.9 cm³/mol.